The fraction of sp³-hybridized carbons (Fsp3) is 0.875. The van der Waals surface area contributed by atoms with E-state index < -0.39 is 0 Å². The highest BCUT2D eigenvalue weighted by Gasteiger charge is 2.22. The Kier molecular flexibility index (Phi) is 4.90. The van der Waals surface area contributed by atoms with E-state index in [4.69, 9.17) is 5.21 Å². The van der Waals surface area contributed by atoms with Crippen molar-refractivity contribution in [3.05, 3.63) is 0 Å². The van der Waals surface area contributed by atoms with Crippen molar-refractivity contribution in [2.45, 2.75) is 25.8 Å². The van der Waals surface area contributed by atoms with Crippen LogP contribution in [0.3, 0.4) is 0 Å². The van der Waals surface area contributed by atoms with E-state index in [9.17, 15) is 4.79 Å². The predicted molar refractivity (Wildman–Crippen MR) is 52.0 cm³/mol. The lowest BCUT2D eigenvalue weighted by molar-refractivity contribution is -0.137. The zero-order valence-electron chi connectivity index (χ0n) is 8.36. The molecule has 0 aromatic heterocycles. The summed E-state index contributed by atoms with van der Waals surface area (Å²) in [5.74, 6) is 0.133. The molecular formula is C8H21N3O2. The molecular weight excluding hydrogens is 170 g/mol. The van der Waals surface area contributed by atoms with Crippen LogP contribution >= 0.6 is 0 Å². The number of likely N-dealkylation sites (tertiary alicyclic amines) is 1. The molecule has 0 saturated carbocycles. The van der Waals surface area contributed by atoms with Gasteiger partial charge in [-0.05, 0) is 12.8 Å². The third-order valence-corrected chi connectivity index (χ3v) is 2.44. The Morgan fingerprint density at radius 1 is 1.54 bits per heavy atom. The van der Waals surface area contributed by atoms with Crippen molar-refractivity contribution >= 4 is 5.91 Å². The maximum Gasteiger partial charge on any atom is 0.219 e. The Bertz CT molecular complexity index is 170. The molecule has 5 heteroatoms. The number of hydroxylamine groups is 2. The monoisotopic (exact) mass is 191 g/mol. The van der Waals surface area contributed by atoms with Gasteiger partial charge < -0.3 is 16.3 Å². The number of amides is 1. The topological polar surface area (TPSA) is 78.8 Å². The van der Waals surface area contributed by atoms with Crippen LogP contribution < -0.4 is 6.15 Å². The van der Waals surface area contributed by atoms with E-state index in [0.29, 0.717) is 0 Å². The number of nitrogens with zero attached hydrogens (tertiary/aromatic N) is 2. The van der Waals surface area contributed by atoms with Crippen molar-refractivity contribution in [3.63, 3.8) is 0 Å². The summed E-state index contributed by atoms with van der Waals surface area (Å²) in [5, 5.41) is 10.4. The van der Waals surface area contributed by atoms with Gasteiger partial charge in [0, 0.05) is 34.5 Å². The third-order valence-electron chi connectivity index (χ3n) is 2.44. The van der Waals surface area contributed by atoms with E-state index in [0.717, 1.165) is 25.9 Å². The van der Waals surface area contributed by atoms with Crippen LogP contribution in [0.25, 0.3) is 0 Å². The molecule has 0 bridgehead atoms. The summed E-state index contributed by atoms with van der Waals surface area (Å²) in [5.41, 5.74) is 0. The Labute approximate surface area is 80.3 Å². The molecule has 1 aliphatic heterocycles. The normalized spacial score (nSPS) is 18.6. The molecule has 0 aliphatic carbocycles. The summed E-state index contributed by atoms with van der Waals surface area (Å²) in [7, 11) is 1.66. The molecule has 5 nitrogen and oxygen atoms in total. The number of rotatable bonds is 1. The van der Waals surface area contributed by atoms with Crippen LogP contribution in [0.2, 0.25) is 0 Å². The lowest BCUT2D eigenvalue weighted by Crippen LogP contribution is -2.43. The van der Waals surface area contributed by atoms with Crippen LogP contribution in [0.4, 0.5) is 0 Å². The lowest BCUT2D eigenvalue weighted by atomic mass is 10.1. The lowest BCUT2D eigenvalue weighted by Gasteiger charge is -2.33. The molecule has 1 amide bonds. The quantitative estimate of drug-likeness (QED) is 0.599. The van der Waals surface area contributed by atoms with Gasteiger partial charge in [0.1, 0.15) is 0 Å². The zero-order valence-corrected chi connectivity index (χ0v) is 8.36. The van der Waals surface area contributed by atoms with Gasteiger partial charge in [0.25, 0.3) is 0 Å². The summed E-state index contributed by atoms with van der Waals surface area (Å²) in [4.78, 5) is 12.7. The number of carbonyl (C=O) groups excluding carboxylic acids is 1. The Morgan fingerprint density at radius 3 is 2.31 bits per heavy atom. The van der Waals surface area contributed by atoms with Gasteiger partial charge in [0.2, 0.25) is 5.91 Å². The van der Waals surface area contributed by atoms with E-state index in [1.807, 2.05) is 4.90 Å². The van der Waals surface area contributed by atoms with Crippen LogP contribution in [-0.2, 0) is 4.79 Å². The van der Waals surface area contributed by atoms with Gasteiger partial charge in [-0.1, -0.05) is 0 Å². The predicted octanol–water partition coefficient (Wildman–Crippen LogP) is 0.726. The minimum Gasteiger partial charge on any atom is -0.344 e. The van der Waals surface area contributed by atoms with Crippen LogP contribution in [0.5, 0.6) is 0 Å². The molecule has 1 heterocycles. The van der Waals surface area contributed by atoms with E-state index in [-0.39, 0.29) is 19.5 Å². The molecule has 0 atom stereocenters. The van der Waals surface area contributed by atoms with Crippen molar-refractivity contribution in [2.75, 3.05) is 20.1 Å². The van der Waals surface area contributed by atoms with E-state index in [1.54, 1.807) is 14.0 Å². The molecule has 0 spiro atoms. The smallest absolute Gasteiger partial charge is 0.219 e. The van der Waals surface area contributed by atoms with Crippen molar-refractivity contribution in [1.29, 1.82) is 0 Å². The van der Waals surface area contributed by atoms with E-state index in [2.05, 4.69) is 0 Å². The number of hydrogen-bond donors (Lipinski definition) is 2. The largest absolute Gasteiger partial charge is 0.344 e. The Balaban J connectivity index is 0. The van der Waals surface area contributed by atoms with Gasteiger partial charge in [-0.2, -0.15) is 5.06 Å². The maximum absolute atomic E-state index is 10.9. The highest BCUT2D eigenvalue weighted by atomic mass is 16.5. The van der Waals surface area contributed by atoms with Crippen LogP contribution in [0.1, 0.15) is 21.2 Å². The molecule has 0 aromatic rings. The fourth-order valence-electron chi connectivity index (χ4n) is 1.55. The highest BCUT2D eigenvalue weighted by molar-refractivity contribution is 5.73. The molecule has 4 N–H and O–H groups in total. The Hall–Kier alpha value is -0.650. The molecule has 1 aliphatic rings. The fourth-order valence-corrected chi connectivity index (χ4v) is 1.55. The minimum absolute atomic E-state index is 0. The number of piperidine rings is 1. The van der Waals surface area contributed by atoms with E-state index >= 15 is 0 Å². The van der Waals surface area contributed by atoms with Crippen LogP contribution in [0, 0.1) is 0 Å². The number of carbonyl (C=O) groups is 1. The number of hydrogen-bond acceptors (Lipinski definition) is 4. The second-order valence-corrected chi connectivity index (χ2v) is 3.31. The standard InChI is InChI=1S/C8H16N2O2.H3N.H2/c1-7(11)10-5-3-8(4-6-10)9(2)12;;/h8,12H,3-6H2,1-2H3;1H3;1H. The first-order chi connectivity index (χ1) is 5.61. The second kappa shape index (κ2) is 5.16. The summed E-state index contributed by atoms with van der Waals surface area (Å²) < 4.78 is 0. The molecule has 1 fully saturated rings. The first-order valence-corrected chi connectivity index (χ1v) is 4.28. The summed E-state index contributed by atoms with van der Waals surface area (Å²) in [6.07, 6.45) is 1.74. The first-order valence-electron chi connectivity index (χ1n) is 4.28. The van der Waals surface area contributed by atoms with E-state index in [1.165, 1.54) is 5.06 Å². The average molecular weight is 191 g/mol. The van der Waals surface area contributed by atoms with Crippen LogP contribution in [0.15, 0.2) is 0 Å². The van der Waals surface area contributed by atoms with Crippen molar-refractivity contribution < 1.29 is 11.4 Å². The van der Waals surface area contributed by atoms with Gasteiger partial charge in [0.15, 0.2) is 0 Å². The third kappa shape index (κ3) is 3.30. The van der Waals surface area contributed by atoms with Gasteiger partial charge in [-0.15, -0.1) is 0 Å². The van der Waals surface area contributed by atoms with Gasteiger partial charge in [-0.3, -0.25) is 4.79 Å². The average Bonchev–Trinajstić information content (AvgIpc) is 2.04. The SMILES string of the molecule is CC(=O)N1CCC(N(C)O)CC1.N.[HH]. The van der Waals surface area contributed by atoms with Crippen LogP contribution in [-0.4, -0.2) is 47.3 Å². The van der Waals surface area contributed by atoms with Crippen molar-refractivity contribution in [1.82, 2.24) is 16.1 Å². The molecule has 0 unspecified atom stereocenters. The van der Waals surface area contributed by atoms with Gasteiger partial charge >= 0.3 is 0 Å². The highest BCUT2D eigenvalue weighted by Crippen LogP contribution is 2.13. The maximum atomic E-state index is 10.9. The van der Waals surface area contributed by atoms with Gasteiger partial charge in [-0.25, -0.2) is 0 Å². The molecule has 1 rings (SSSR count). The molecule has 0 aromatic carbocycles. The van der Waals surface area contributed by atoms with Crippen molar-refractivity contribution in [2.24, 2.45) is 0 Å². The molecule has 1 saturated heterocycles. The molecule has 0 radical (unpaired) electrons. The zero-order chi connectivity index (χ0) is 9.14. The summed E-state index contributed by atoms with van der Waals surface area (Å²) in [6.45, 7) is 3.12. The first kappa shape index (κ1) is 12.3. The summed E-state index contributed by atoms with van der Waals surface area (Å²) >= 11 is 0. The summed E-state index contributed by atoms with van der Waals surface area (Å²) in [6, 6.07) is 0.223. The Morgan fingerprint density at radius 2 is 2.00 bits per heavy atom. The van der Waals surface area contributed by atoms with Gasteiger partial charge in [0.05, 0.1) is 0 Å². The molecule has 13 heavy (non-hydrogen) atoms. The second-order valence-electron chi connectivity index (χ2n) is 3.31. The minimum atomic E-state index is 0. The van der Waals surface area contributed by atoms with Crippen molar-refractivity contribution in [3.8, 4) is 0 Å². The molecule has 80 valence electrons.